The topological polar surface area (TPSA) is 122 Å². The number of carbonyl (C=O) groups is 1. The number of H-pyrrole nitrogens is 1. The lowest BCUT2D eigenvalue weighted by Crippen LogP contribution is -2.16. The fourth-order valence-corrected chi connectivity index (χ4v) is 2.72. The number of hydrogen-bond donors (Lipinski definition) is 3. The van der Waals surface area contributed by atoms with Crippen molar-refractivity contribution in [1.82, 2.24) is 20.2 Å². The molecular weight excluding hydrogens is 443 g/mol. The van der Waals surface area contributed by atoms with Crippen LogP contribution in [0.1, 0.15) is 10.5 Å². The average Bonchev–Trinajstić information content (AvgIpc) is 3.23. The molecule has 4 rings (SSSR count). The summed E-state index contributed by atoms with van der Waals surface area (Å²) < 4.78 is 46.2. The van der Waals surface area contributed by atoms with Gasteiger partial charge in [0, 0.05) is 23.5 Å². The van der Waals surface area contributed by atoms with Gasteiger partial charge in [-0.25, -0.2) is 9.78 Å². The second-order valence-electron chi connectivity index (χ2n) is 6.51. The van der Waals surface area contributed by atoms with Crippen LogP contribution in [0, 0.1) is 0 Å². The Morgan fingerprint density at radius 1 is 0.970 bits per heavy atom. The zero-order chi connectivity index (χ0) is 23.4. The molecule has 2 aromatic heterocycles. The first kappa shape index (κ1) is 21.6. The molecule has 0 saturated heterocycles. The molecule has 0 aliphatic rings. The lowest BCUT2D eigenvalue weighted by molar-refractivity contribution is -0.274. The largest absolute Gasteiger partial charge is 0.573 e. The van der Waals surface area contributed by atoms with Gasteiger partial charge in [0.25, 0.3) is 0 Å². The van der Waals surface area contributed by atoms with E-state index in [0.29, 0.717) is 28.6 Å². The fourth-order valence-electron chi connectivity index (χ4n) is 2.72. The summed E-state index contributed by atoms with van der Waals surface area (Å²) in [4.78, 5) is 19.0. The Bertz CT molecular complexity index is 1260. The molecule has 4 aromatic rings. The molecule has 2 heterocycles. The summed E-state index contributed by atoms with van der Waals surface area (Å²) in [7, 11) is 0. The van der Waals surface area contributed by atoms with Crippen LogP contribution in [0.5, 0.6) is 17.2 Å². The number of anilines is 2. The highest BCUT2D eigenvalue weighted by Crippen LogP contribution is 2.27. The molecule has 0 atom stereocenters. The van der Waals surface area contributed by atoms with Gasteiger partial charge in [0.05, 0.1) is 0 Å². The third kappa shape index (κ3) is 5.76. The molecule has 9 nitrogen and oxygen atoms in total. The number of carboxylic acids is 1. The van der Waals surface area contributed by atoms with E-state index in [2.05, 4.69) is 30.2 Å². The molecule has 0 spiro atoms. The third-order valence-electron chi connectivity index (χ3n) is 4.14. The Kier molecular flexibility index (Phi) is 5.81. The van der Waals surface area contributed by atoms with Gasteiger partial charge < -0.3 is 19.9 Å². The van der Waals surface area contributed by atoms with E-state index in [1.165, 1.54) is 42.6 Å². The van der Waals surface area contributed by atoms with Crippen LogP contribution in [-0.2, 0) is 0 Å². The van der Waals surface area contributed by atoms with Crippen molar-refractivity contribution in [2.75, 3.05) is 5.32 Å². The number of benzene rings is 2. The molecular formula is C21H14F3N5O4. The molecule has 12 heteroatoms. The summed E-state index contributed by atoms with van der Waals surface area (Å²) in [5.41, 5.74) is 1.03. The van der Waals surface area contributed by atoms with Gasteiger partial charge in [-0.3, -0.25) is 5.10 Å². The van der Waals surface area contributed by atoms with Crippen LogP contribution in [0.25, 0.3) is 11.4 Å². The van der Waals surface area contributed by atoms with E-state index in [4.69, 9.17) is 9.84 Å². The standard InChI is InChI=1S/C21H14F3N5O4/c22-21(23,24)33-15-7-3-13(4-8-15)26-20-27-18(28-29-20)12-1-5-14(6-2-12)32-16-9-10-25-17(11-16)19(30)31/h1-11H,(H,30,31)(H2,26,27,28,29). The number of nitrogens with zero attached hydrogens (tertiary/aromatic N) is 3. The van der Waals surface area contributed by atoms with Gasteiger partial charge in [-0.1, -0.05) is 0 Å². The fraction of sp³-hybridized carbons (Fsp3) is 0.0476. The first-order chi connectivity index (χ1) is 15.7. The van der Waals surface area contributed by atoms with Crippen LogP contribution in [0.3, 0.4) is 0 Å². The van der Waals surface area contributed by atoms with Crippen molar-refractivity contribution < 1.29 is 32.5 Å². The van der Waals surface area contributed by atoms with Crippen molar-refractivity contribution in [1.29, 1.82) is 0 Å². The Labute approximate surface area is 183 Å². The van der Waals surface area contributed by atoms with Crippen molar-refractivity contribution in [2.45, 2.75) is 6.36 Å². The van der Waals surface area contributed by atoms with Gasteiger partial charge in [0.1, 0.15) is 17.2 Å². The predicted molar refractivity (Wildman–Crippen MR) is 109 cm³/mol. The number of rotatable bonds is 7. The van der Waals surface area contributed by atoms with E-state index in [0.717, 1.165) is 0 Å². The third-order valence-corrected chi connectivity index (χ3v) is 4.14. The van der Waals surface area contributed by atoms with Crippen LogP contribution in [0.4, 0.5) is 24.8 Å². The van der Waals surface area contributed by atoms with Gasteiger partial charge in [-0.05, 0) is 54.6 Å². The number of pyridine rings is 1. The SMILES string of the molecule is O=C(O)c1cc(Oc2ccc(-c3nc(Nc4ccc(OC(F)(F)F)cc4)n[nH]3)cc2)ccn1. The first-order valence-electron chi connectivity index (χ1n) is 9.28. The van der Waals surface area contributed by atoms with Crippen LogP contribution in [-0.4, -0.2) is 37.6 Å². The Hall–Kier alpha value is -4.61. The minimum atomic E-state index is -4.76. The number of nitrogens with one attached hydrogen (secondary N) is 2. The molecule has 2 aromatic carbocycles. The van der Waals surface area contributed by atoms with Gasteiger partial charge in [0.2, 0.25) is 5.95 Å². The van der Waals surface area contributed by atoms with Crippen molar-refractivity contribution in [3.8, 4) is 28.6 Å². The number of aromatic carboxylic acids is 1. The van der Waals surface area contributed by atoms with Crippen molar-refractivity contribution >= 4 is 17.6 Å². The highest BCUT2D eigenvalue weighted by Gasteiger charge is 2.30. The lowest BCUT2D eigenvalue weighted by atomic mass is 10.2. The average molecular weight is 457 g/mol. The number of carboxylic acid groups (broad SMARTS) is 1. The van der Waals surface area contributed by atoms with Crippen molar-refractivity contribution in [2.24, 2.45) is 0 Å². The minimum Gasteiger partial charge on any atom is -0.477 e. The number of aromatic nitrogens is 4. The molecule has 0 fully saturated rings. The zero-order valence-corrected chi connectivity index (χ0v) is 16.5. The van der Waals surface area contributed by atoms with Gasteiger partial charge in [-0.2, -0.15) is 4.98 Å². The number of ether oxygens (including phenoxy) is 2. The molecule has 33 heavy (non-hydrogen) atoms. The molecule has 3 N–H and O–H groups in total. The Balaban J connectivity index is 1.40. The van der Waals surface area contributed by atoms with Gasteiger partial charge in [-0.15, -0.1) is 18.3 Å². The summed E-state index contributed by atoms with van der Waals surface area (Å²) in [6.07, 6.45) is -3.42. The van der Waals surface area contributed by atoms with Crippen molar-refractivity contribution in [3.63, 3.8) is 0 Å². The second-order valence-corrected chi connectivity index (χ2v) is 6.51. The lowest BCUT2D eigenvalue weighted by Gasteiger charge is -2.09. The number of halogens is 3. The summed E-state index contributed by atoms with van der Waals surface area (Å²) >= 11 is 0. The van der Waals surface area contributed by atoms with Crippen LogP contribution in [0.2, 0.25) is 0 Å². The van der Waals surface area contributed by atoms with Crippen LogP contribution < -0.4 is 14.8 Å². The molecule has 168 valence electrons. The Morgan fingerprint density at radius 2 is 1.67 bits per heavy atom. The molecule has 0 radical (unpaired) electrons. The maximum Gasteiger partial charge on any atom is 0.573 e. The first-order valence-corrected chi connectivity index (χ1v) is 9.28. The van der Waals surface area contributed by atoms with E-state index in [1.807, 2.05) is 0 Å². The minimum absolute atomic E-state index is 0.131. The Morgan fingerprint density at radius 3 is 2.33 bits per heavy atom. The number of hydrogen-bond acceptors (Lipinski definition) is 7. The van der Waals surface area contributed by atoms with Gasteiger partial charge in [0.15, 0.2) is 11.5 Å². The molecule has 0 aliphatic heterocycles. The van der Waals surface area contributed by atoms with E-state index in [1.54, 1.807) is 24.3 Å². The summed E-state index contributed by atoms with van der Waals surface area (Å²) in [5, 5.41) is 18.7. The smallest absolute Gasteiger partial charge is 0.477 e. The summed E-state index contributed by atoms with van der Waals surface area (Å²) in [5.74, 6) is -0.0349. The highest BCUT2D eigenvalue weighted by atomic mass is 19.4. The second kappa shape index (κ2) is 8.86. The quantitative estimate of drug-likeness (QED) is 0.354. The normalized spacial score (nSPS) is 11.1. The van der Waals surface area contributed by atoms with Gasteiger partial charge >= 0.3 is 12.3 Å². The summed E-state index contributed by atoms with van der Waals surface area (Å²) in [6, 6.07) is 14.8. The highest BCUT2D eigenvalue weighted by molar-refractivity contribution is 5.85. The molecule has 0 unspecified atom stereocenters. The number of alkyl halides is 3. The van der Waals surface area contributed by atoms with Crippen LogP contribution >= 0.6 is 0 Å². The van der Waals surface area contributed by atoms with E-state index in [-0.39, 0.29) is 17.4 Å². The van der Waals surface area contributed by atoms with Crippen LogP contribution in [0.15, 0.2) is 66.9 Å². The van der Waals surface area contributed by atoms with Crippen molar-refractivity contribution in [3.05, 3.63) is 72.6 Å². The molecule has 0 bridgehead atoms. The van der Waals surface area contributed by atoms with E-state index in [9.17, 15) is 18.0 Å². The predicted octanol–water partition coefficient (Wildman–Crippen LogP) is 5.00. The monoisotopic (exact) mass is 457 g/mol. The maximum absolute atomic E-state index is 12.2. The zero-order valence-electron chi connectivity index (χ0n) is 16.5. The molecule has 0 amide bonds. The van der Waals surface area contributed by atoms with E-state index < -0.39 is 12.3 Å². The molecule has 0 saturated carbocycles. The summed E-state index contributed by atoms with van der Waals surface area (Å²) in [6.45, 7) is 0. The molecule has 0 aliphatic carbocycles. The number of aromatic amines is 1. The maximum atomic E-state index is 12.2. The van der Waals surface area contributed by atoms with E-state index >= 15 is 0 Å².